The van der Waals surface area contributed by atoms with E-state index in [0.29, 0.717) is 21.3 Å². The van der Waals surface area contributed by atoms with Gasteiger partial charge >= 0.3 is 0 Å². The van der Waals surface area contributed by atoms with Crippen molar-refractivity contribution in [2.45, 2.75) is 11.5 Å². The SMILES string of the molecule is Cn1cc(COc2c(Br)cc(S(N)(=O)=O)cc2Br)cn1. The van der Waals surface area contributed by atoms with Crippen LogP contribution in [-0.4, -0.2) is 18.2 Å². The van der Waals surface area contributed by atoms with E-state index < -0.39 is 10.0 Å². The van der Waals surface area contributed by atoms with Crippen molar-refractivity contribution < 1.29 is 13.2 Å². The molecule has 2 rings (SSSR count). The minimum absolute atomic E-state index is 0.00461. The summed E-state index contributed by atoms with van der Waals surface area (Å²) in [5, 5.41) is 9.13. The first-order valence-electron chi connectivity index (χ1n) is 5.39. The summed E-state index contributed by atoms with van der Waals surface area (Å²) in [6.45, 7) is 0.319. The predicted octanol–water partition coefficient (Wildman–Crippen LogP) is 2.17. The molecule has 0 aliphatic rings. The summed E-state index contributed by atoms with van der Waals surface area (Å²) in [5.41, 5.74) is 0.904. The summed E-state index contributed by atoms with van der Waals surface area (Å²) in [7, 11) is -1.94. The number of halogens is 2. The Kier molecular flexibility index (Phi) is 4.52. The molecule has 0 bridgehead atoms. The van der Waals surface area contributed by atoms with Gasteiger partial charge in [-0.3, -0.25) is 4.68 Å². The second-order valence-electron chi connectivity index (χ2n) is 4.07. The van der Waals surface area contributed by atoms with Crippen LogP contribution in [0.3, 0.4) is 0 Å². The number of ether oxygens (including phenoxy) is 1. The summed E-state index contributed by atoms with van der Waals surface area (Å²) in [4.78, 5) is 0.00461. The normalized spacial score (nSPS) is 11.6. The molecule has 0 saturated carbocycles. The summed E-state index contributed by atoms with van der Waals surface area (Å²) >= 11 is 6.55. The van der Waals surface area contributed by atoms with Crippen molar-refractivity contribution in [3.63, 3.8) is 0 Å². The van der Waals surface area contributed by atoms with E-state index in [1.807, 2.05) is 13.2 Å². The van der Waals surface area contributed by atoms with Gasteiger partial charge in [0, 0.05) is 18.8 Å². The van der Waals surface area contributed by atoms with Gasteiger partial charge in [0.2, 0.25) is 10.0 Å². The first kappa shape index (κ1) is 15.5. The van der Waals surface area contributed by atoms with Crippen LogP contribution in [0, 0.1) is 0 Å². The van der Waals surface area contributed by atoms with Crippen LogP contribution in [-0.2, 0) is 23.7 Å². The third-order valence-electron chi connectivity index (χ3n) is 2.44. The topological polar surface area (TPSA) is 87.2 Å². The van der Waals surface area contributed by atoms with Crippen molar-refractivity contribution >= 4 is 41.9 Å². The second kappa shape index (κ2) is 5.84. The van der Waals surface area contributed by atoms with E-state index in [-0.39, 0.29) is 4.90 Å². The Hall–Kier alpha value is -0.900. The van der Waals surface area contributed by atoms with Gasteiger partial charge in [-0.15, -0.1) is 0 Å². The molecule has 0 saturated heterocycles. The van der Waals surface area contributed by atoms with Crippen LogP contribution in [0.2, 0.25) is 0 Å². The smallest absolute Gasteiger partial charge is 0.238 e. The zero-order valence-corrected chi connectivity index (χ0v) is 14.4. The number of primary sulfonamides is 1. The summed E-state index contributed by atoms with van der Waals surface area (Å²) in [6, 6.07) is 2.80. The van der Waals surface area contributed by atoms with E-state index in [1.165, 1.54) is 12.1 Å². The molecule has 2 N–H and O–H groups in total. The Bertz CT molecular complexity index is 720. The average molecular weight is 425 g/mol. The van der Waals surface area contributed by atoms with Crippen molar-refractivity contribution in [3.05, 3.63) is 39.0 Å². The lowest BCUT2D eigenvalue weighted by molar-refractivity contribution is 0.302. The number of nitrogens with zero attached hydrogens (tertiary/aromatic N) is 2. The standard InChI is InChI=1S/C11H11Br2N3O3S/c1-16-5-7(4-15-16)6-19-11-9(12)2-8(3-10(11)13)20(14,17)18/h2-5H,6H2,1H3,(H2,14,17,18). The Morgan fingerprint density at radius 3 is 2.40 bits per heavy atom. The maximum Gasteiger partial charge on any atom is 0.238 e. The number of rotatable bonds is 4. The van der Waals surface area contributed by atoms with E-state index >= 15 is 0 Å². The number of hydrogen-bond donors (Lipinski definition) is 1. The highest BCUT2D eigenvalue weighted by molar-refractivity contribution is 9.11. The Labute approximate surface area is 133 Å². The lowest BCUT2D eigenvalue weighted by Crippen LogP contribution is -2.12. The third-order valence-corrected chi connectivity index (χ3v) is 4.51. The predicted molar refractivity (Wildman–Crippen MR) is 80.8 cm³/mol. The van der Waals surface area contributed by atoms with Crippen molar-refractivity contribution in [3.8, 4) is 5.75 Å². The Balaban J connectivity index is 2.25. The van der Waals surface area contributed by atoms with Gasteiger partial charge in [-0.25, -0.2) is 13.6 Å². The van der Waals surface area contributed by atoms with Crippen LogP contribution in [0.5, 0.6) is 5.75 Å². The maximum atomic E-state index is 11.3. The van der Waals surface area contributed by atoms with E-state index in [0.717, 1.165) is 5.56 Å². The molecule has 108 valence electrons. The highest BCUT2D eigenvalue weighted by Gasteiger charge is 2.15. The minimum Gasteiger partial charge on any atom is -0.486 e. The molecule has 0 unspecified atom stereocenters. The molecule has 0 aliphatic heterocycles. The summed E-state index contributed by atoms with van der Waals surface area (Å²) in [5.74, 6) is 0.501. The molecule has 6 nitrogen and oxygen atoms in total. The molecule has 0 radical (unpaired) electrons. The van der Waals surface area contributed by atoms with E-state index in [4.69, 9.17) is 9.88 Å². The van der Waals surface area contributed by atoms with Gasteiger partial charge in [-0.05, 0) is 44.0 Å². The van der Waals surface area contributed by atoms with Gasteiger partial charge < -0.3 is 4.74 Å². The molecular formula is C11H11Br2N3O3S. The number of aromatic nitrogens is 2. The molecule has 20 heavy (non-hydrogen) atoms. The van der Waals surface area contributed by atoms with Crippen LogP contribution < -0.4 is 9.88 Å². The highest BCUT2D eigenvalue weighted by Crippen LogP contribution is 2.36. The maximum absolute atomic E-state index is 11.3. The second-order valence-corrected chi connectivity index (χ2v) is 7.34. The third kappa shape index (κ3) is 3.60. The molecule has 0 aliphatic carbocycles. The van der Waals surface area contributed by atoms with Gasteiger partial charge in [-0.2, -0.15) is 5.10 Å². The number of hydrogen-bond acceptors (Lipinski definition) is 4. The van der Waals surface area contributed by atoms with Crippen LogP contribution in [0.1, 0.15) is 5.56 Å². The van der Waals surface area contributed by atoms with Crippen molar-refractivity contribution in [1.29, 1.82) is 0 Å². The highest BCUT2D eigenvalue weighted by atomic mass is 79.9. The van der Waals surface area contributed by atoms with Gasteiger partial charge in [0.1, 0.15) is 12.4 Å². The molecule has 9 heteroatoms. The summed E-state index contributed by atoms with van der Waals surface area (Å²) in [6.07, 6.45) is 3.53. The molecule has 0 spiro atoms. The molecule has 0 atom stereocenters. The minimum atomic E-state index is -3.76. The zero-order chi connectivity index (χ0) is 14.9. The van der Waals surface area contributed by atoms with Crippen LogP contribution >= 0.6 is 31.9 Å². The van der Waals surface area contributed by atoms with E-state index in [9.17, 15) is 8.42 Å². The summed E-state index contributed by atoms with van der Waals surface area (Å²) < 4.78 is 31.0. The quantitative estimate of drug-likeness (QED) is 0.814. The average Bonchev–Trinajstić information content (AvgIpc) is 2.72. The lowest BCUT2D eigenvalue weighted by atomic mass is 10.3. The lowest BCUT2D eigenvalue weighted by Gasteiger charge is -2.11. The number of aryl methyl sites for hydroxylation is 1. The van der Waals surface area contributed by atoms with E-state index in [2.05, 4.69) is 37.0 Å². The molecule has 2 aromatic rings. The first-order valence-corrected chi connectivity index (χ1v) is 8.53. The zero-order valence-electron chi connectivity index (χ0n) is 10.4. The molecule has 1 aromatic heterocycles. The fraction of sp³-hybridized carbons (Fsp3) is 0.182. The molecule has 1 aromatic carbocycles. The van der Waals surface area contributed by atoms with Gasteiger partial charge in [0.05, 0.1) is 20.0 Å². The van der Waals surface area contributed by atoms with Crippen LogP contribution in [0.25, 0.3) is 0 Å². The Morgan fingerprint density at radius 1 is 1.35 bits per heavy atom. The van der Waals surface area contributed by atoms with Crippen molar-refractivity contribution in [1.82, 2.24) is 9.78 Å². The van der Waals surface area contributed by atoms with Crippen molar-refractivity contribution in [2.24, 2.45) is 12.2 Å². The molecule has 0 amide bonds. The molecule has 0 fully saturated rings. The van der Waals surface area contributed by atoms with Crippen LogP contribution in [0.4, 0.5) is 0 Å². The fourth-order valence-corrected chi connectivity index (χ4v) is 3.82. The monoisotopic (exact) mass is 423 g/mol. The Morgan fingerprint density at radius 2 is 1.95 bits per heavy atom. The largest absolute Gasteiger partial charge is 0.486 e. The number of sulfonamides is 1. The molecular weight excluding hydrogens is 414 g/mol. The van der Waals surface area contributed by atoms with E-state index in [1.54, 1.807) is 10.9 Å². The molecule has 1 heterocycles. The van der Waals surface area contributed by atoms with Crippen LogP contribution in [0.15, 0.2) is 38.4 Å². The van der Waals surface area contributed by atoms with Gasteiger partial charge in [-0.1, -0.05) is 0 Å². The fourth-order valence-electron chi connectivity index (χ4n) is 1.54. The van der Waals surface area contributed by atoms with Crippen molar-refractivity contribution in [2.75, 3.05) is 0 Å². The number of benzene rings is 1. The first-order chi connectivity index (χ1) is 9.27. The van der Waals surface area contributed by atoms with Gasteiger partial charge in [0.15, 0.2) is 0 Å². The number of nitrogens with two attached hydrogens (primary N) is 1. The van der Waals surface area contributed by atoms with Gasteiger partial charge in [0.25, 0.3) is 0 Å².